The molecule has 0 N–H and O–H groups in total. The van der Waals surface area contributed by atoms with Gasteiger partial charge in [0.05, 0.1) is 5.02 Å². The van der Waals surface area contributed by atoms with Crippen molar-refractivity contribution in [3.8, 4) is 5.75 Å². The van der Waals surface area contributed by atoms with Gasteiger partial charge in [0.15, 0.2) is 0 Å². The van der Waals surface area contributed by atoms with E-state index in [9.17, 15) is 4.79 Å². The number of hydrogen-bond donors (Lipinski definition) is 0. The van der Waals surface area contributed by atoms with Crippen LogP contribution in [-0.4, -0.2) is 5.97 Å². The van der Waals surface area contributed by atoms with Crippen LogP contribution in [0.3, 0.4) is 0 Å². The SMILES string of the molecule is CC(=O)Oc1ccc2ccccc2c1Cl. The van der Waals surface area contributed by atoms with Crippen molar-refractivity contribution in [2.75, 3.05) is 0 Å². The Hall–Kier alpha value is -1.54. The molecular formula is C12H9ClO2. The van der Waals surface area contributed by atoms with Gasteiger partial charge in [0.2, 0.25) is 0 Å². The predicted molar refractivity (Wildman–Crippen MR) is 60.3 cm³/mol. The minimum atomic E-state index is -0.368. The van der Waals surface area contributed by atoms with E-state index in [1.807, 2.05) is 30.3 Å². The van der Waals surface area contributed by atoms with Gasteiger partial charge >= 0.3 is 5.97 Å². The maximum absolute atomic E-state index is 10.8. The van der Waals surface area contributed by atoms with Crippen LogP contribution in [-0.2, 0) is 4.79 Å². The Morgan fingerprint density at radius 2 is 1.93 bits per heavy atom. The molecule has 0 fully saturated rings. The zero-order valence-corrected chi connectivity index (χ0v) is 8.91. The molecule has 0 saturated carbocycles. The number of esters is 1. The van der Waals surface area contributed by atoms with E-state index < -0.39 is 0 Å². The summed E-state index contributed by atoms with van der Waals surface area (Å²) in [5.74, 6) is 0.0371. The number of rotatable bonds is 1. The maximum Gasteiger partial charge on any atom is 0.308 e. The van der Waals surface area contributed by atoms with E-state index in [-0.39, 0.29) is 5.97 Å². The molecule has 0 saturated heterocycles. The van der Waals surface area contributed by atoms with E-state index >= 15 is 0 Å². The summed E-state index contributed by atoms with van der Waals surface area (Å²) >= 11 is 6.11. The van der Waals surface area contributed by atoms with Crippen LogP contribution in [0.25, 0.3) is 10.8 Å². The predicted octanol–water partition coefficient (Wildman–Crippen LogP) is 3.42. The number of fused-ring (bicyclic) bond motifs is 1. The van der Waals surface area contributed by atoms with E-state index in [4.69, 9.17) is 16.3 Å². The Morgan fingerprint density at radius 3 is 2.67 bits per heavy atom. The number of ether oxygens (including phenoxy) is 1. The first-order chi connectivity index (χ1) is 7.18. The third kappa shape index (κ3) is 1.95. The van der Waals surface area contributed by atoms with Crippen LogP contribution >= 0.6 is 11.6 Å². The highest BCUT2D eigenvalue weighted by Gasteiger charge is 2.07. The van der Waals surface area contributed by atoms with Crippen molar-refractivity contribution >= 4 is 28.3 Å². The van der Waals surface area contributed by atoms with Crippen LogP contribution in [0.5, 0.6) is 5.75 Å². The fourth-order valence-electron chi connectivity index (χ4n) is 1.45. The minimum Gasteiger partial charge on any atom is -0.425 e. The number of hydrogen-bond acceptors (Lipinski definition) is 2. The van der Waals surface area contributed by atoms with Gasteiger partial charge < -0.3 is 4.74 Å². The molecular weight excluding hydrogens is 212 g/mol. The Labute approximate surface area is 92.4 Å². The monoisotopic (exact) mass is 220 g/mol. The van der Waals surface area contributed by atoms with Crippen molar-refractivity contribution in [2.24, 2.45) is 0 Å². The molecule has 15 heavy (non-hydrogen) atoms. The lowest BCUT2D eigenvalue weighted by atomic mass is 10.1. The zero-order valence-electron chi connectivity index (χ0n) is 8.16. The summed E-state index contributed by atoms with van der Waals surface area (Å²) in [5, 5.41) is 2.39. The van der Waals surface area contributed by atoms with Crippen molar-refractivity contribution in [3.05, 3.63) is 41.4 Å². The van der Waals surface area contributed by atoms with Gasteiger partial charge in [-0.3, -0.25) is 4.79 Å². The number of carbonyl (C=O) groups excluding carboxylic acids is 1. The lowest BCUT2D eigenvalue weighted by Crippen LogP contribution is -2.01. The number of benzene rings is 2. The molecule has 0 aliphatic rings. The van der Waals surface area contributed by atoms with Crippen LogP contribution < -0.4 is 4.74 Å². The molecule has 0 atom stereocenters. The Kier molecular flexibility index (Phi) is 2.60. The van der Waals surface area contributed by atoms with E-state index in [0.717, 1.165) is 10.8 Å². The number of halogens is 1. The zero-order chi connectivity index (χ0) is 10.8. The van der Waals surface area contributed by atoms with Gasteiger partial charge in [0, 0.05) is 12.3 Å². The number of carbonyl (C=O) groups is 1. The van der Waals surface area contributed by atoms with Gasteiger partial charge in [-0.05, 0) is 11.5 Å². The van der Waals surface area contributed by atoms with Crippen molar-refractivity contribution in [1.82, 2.24) is 0 Å². The molecule has 76 valence electrons. The van der Waals surface area contributed by atoms with Crippen LogP contribution in [0.4, 0.5) is 0 Å². The molecule has 0 heterocycles. The molecule has 0 amide bonds. The van der Waals surface area contributed by atoms with Gasteiger partial charge in [0.25, 0.3) is 0 Å². The van der Waals surface area contributed by atoms with Gasteiger partial charge in [-0.15, -0.1) is 0 Å². The Balaban J connectivity index is 2.59. The summed E-state index contributed by atoms with van der Waals surface area (Å²) in [5.41, 5.74) is 0. The highest BCUT2D eigenvalue weighted by Crippen LogP contribution is 2.32. The fourth-order valence-corrected chi connectivity index (χ4v) is 1.72. The average molecular weight is 221 g/mol. The first kappa shape index (κ1) is 9.99. The van der Waals surface area contributed by atoms with Crippen LogP contribution in [0.1, 0.15) is 6.92 Å². The molecule has 0 aliphatic carbocycles. The summed E-state index contributed by atoms with van der Waals surface area (Å²) < 4.78 is 4.98. The van der Waals surface area contributed by atoms with Gasteiger partial charge in [-0.25, -0.2) is 0 Å². The first-order valence-electron chi connectivity index (χ1n) is 4.54. The van der Waals surface area contributed by atoms with Crippen molar-refractivity contribution in [1.29, 1.82) is 0 Å². The second-order valence-corrected chi connectivity index (χ2v) is 3.57. The third-order valence-corrected chi connectivity index (χ3v) is 2.47. The highest BCUT2D eigenvalue weighted by atomic mass is 35.5. The van der Waals surface area contributed by atoms with Gasteiger partial charge in [-0.1, -0.05) is 41.9 Å². The minimum absolute atomic E-state index is 0.368. The molecule has 0 bridgehead atoms. The normalized spacial score (nSPS) is 10.3. The topological polar surface area (TPSA) is 26.3 Å². The molecule has 0 unspecified atom stereocenters. The maximum atomic E-state index is 10.8. The second kappa shape index (κ2) is 3.91. The summed E-state index contributed by atoms with van der Waals surface area (Å²) in [7, 11) is 0. The standard InChI is InChI=1S/C12H9ClO2/c1-8(14)15-11-7-6-9-4-2-3-5-10(9)12(11)13/h2-7H,1H3. The summed E-state index contributed by atoms with van der Waals surface area (Å²) in [6.45, 7) is 1.35. The highest BCUT2D eigenvalue weighted by molar-refractivity contribution is 6.37. The molecule has 0 spiro atoms. The van der Waals surface area contributed by atoms with Crippen LogP contribution in [0, 0.1) is 0 Å². The molecule has 2 nitrogen and oxygen atoms in total. The molecule has 0 aromatic heterocycles. The Morgan fingerprint density at radius 1 is 1.20 bits per heavy atom. The van der Waals surface area contributed by atoms with Crippen molar-refractivity contribution < 1.29 is 9.53 Å². The lowest BCUT2D eigenvalue weighted by molar-refractivity contribution is -0.131. The van der Waals surface area contributed by atoms with Crippen molar-refractivity contribution in [2.45, 2.75) is 6.92 Å². The van der Waals surface area contributed by atoms with E-state index in [1.54, 1.807) is 6.07 Å². The molecule has 2 aromatic carbocycles. The molecule has 0 aliphatic heterocycles. The summed E-state index contributed by atoms with van der Waals surface area (Å²) in [6.07, 6.45) is 0. The molecule has 0 radical (unpaired) electrons. The summed E-state index contributed by atoms with van der Waals surface area (Å²) in [6, 6.07) is 11.3. The van der Waals surface area contributed by atoms with Gasteiger partial charge in [0.1, 0.15) is 5.75 Å². The second-order valence-electron chi connectivity index (χ2n) is 3.19. The summed E-state index contributed by atoms with van der Waals surface area (Å²) in [4.78, 5) is 10.8. The molecule has 2 aromatic rings. The van der Waals surface area contributed by atoms with E-state index in [0.29, 0.717) is 10.8 Å². The largest absolute Gasteiger partial charge is 0.425 e. The Bertz CT molecular complexity index is 520. The third-order valence-electron chi connectivity index (χ3n) is 2.08. The van der Waals surface area contributed by atoms with E-state index in [2.05, 4.69) is 0 Å². The quantitative estimate of drug-likeness (QED) is 0.544. The average Bonchev–Trinajstić information content (AvgIpc) is 2.22. The fraction of sp³-hybridized carbons (Fsp3) is 0.0833. The van der Waals surface area contributed by atoms with Gasteiger partial charge in [-0.2, -0.15) is 0 Å². The first-order valence-corrected chi connectivity index (χ1v) is 4.92. The van der Waals surface area contributed by atoms with Crippen molar-refractivity contribution in [3.63, 3.8) is 0 Å². The molecule has 3 heteroatoms. The smallest absolute Gasteiger partial charge is 0.308 e. The van der Waals surface area contributed by atoms with E-state index in [1.165, 1.54) is 6.92 Å². The van der Waals surface area contributed by atoms with Crippen LogP contribution in [0.2, 0.25) is 5.02 Å². The van der Waals surface area contributed by atoms with Crippen LogP contribution in [0.15, 0.2) is 36.4 Å². The lowest BCUT2D eigenvalue weighted by Gasteiger charge is -2.06. The molecule has 2 rings (SSSR count).